The first kappa shape index (κ1) is 15.8. The predicted octanol–water partition coefficient (Wildman–Crippen LogP) is 3.76. The number of rotatable bonds is 6. The van der Waals surface area contributed by atoms with Crippen molar-refractivity contribution in [2.24, 2.45) is 5.41 Å². The van der Waals surface area contributed by atoms with Crippen molar-refractivity contribution < 1.29 is 17.9 Å². The fourth-order valence-corrected chi connectivity index (χ4v) is 1.89. The summed E-state index contributed by atoms with van der Waals surface area (Å²) in [5.41, 5.74) is 1.06. The Kier molecular flexibility index (Phi) is 5.23. The van der Waals surface area contributed by atoms with Crippen LogP contribution in [0.25, 0.3) is 0 Å². The molecular weight excluding hydrogens is 255 g/mol. The van der Waals surface area contributed by atoms with Gasteiger partial charge in [-0.25, -0.2) is 0 Å². The lowest BCUT2D eigenvalue weighted by Crippen LogP contribution is -2.31. The lowest BCUT2D eigenvalue weighted by molar-refractivity contribution is -0.274. The number of halogens is 3. The topological polar surface area (TPSA) is 21.3 Å². The van der Waals surface area contributed by atoms with Crippen LogP contribution in [-0.2, 0) is 6.42 Å². The van der Waals surface area contributed by atoms with E-state index in [1.807, 2.05) is 6.92 Å². The first-order valence-electron chi connectivity index (χ1n) is 6.27. The molecule has 0 amide bonds. The molecule has 0 heterocycles. The summed E-state index contributed by atoms with van der Waals surface area (Å²) < 4.78 is 39.9. The third-order valence-electron chi connectivity index (χ3n) is 2.69. The molecule has 19 heavy (non-hydrogen) atoms. The molecule has 0 aromatic heterocycles. The van der Waals surface area contributed by atoms with Gasteiger partial charge in [0, 0.05) is 6.54 Å². The SMILES string of the molecule is CCNCC(C)(C)Cc1ccc(OC(F)(F)F)cc1. The monoisotopic (exact) mass is 275 g/mol. The van der Waals surface area contributed by atoms with Gasteiger partial charge in [-0.2, -0.15) is 0 Å². The van der Waals surface area contributed by atoms with Gasteiger partial charge in [0.05, 0.1) is 0 Å². The zero-order valence-corrected chi connectivity index (χ0v) is 11.5. The molecule has 0 saturated carbocycles. The van der Waals surface area contributed by atoms with Gasteiger partial charge in [-0.1, -0.05) is 32.9 Å². The van der Waals surface area contributed by atoms with Gasteiger partial charge in [0.15, 0.2) is 0 Å². The lowest BCUT2D eigenvalue weighted by atomic mass is 9.85. The Hall–Kier alpha value is -1.23. The van der Waals surface area contributed by atoms with E-state index in [-0.39, 0.29) is 11.2 Å². The number of hydrogen-bond donors (Lipinski definition) is 1. The van der Waals surface area contributed by atoms with Gasteiger partial charge in [-0.05, 0) is 36.1 Å². The maximum absolute atomic E-state index is 12.0. The molecule has 5 heteroatoms. The highest BCUT2D eigenvalue weighted by molar-refractivity contribution is 5.28. The summed E-state index contributed by atoms with van der Waals surface area (Å²) in [6, 6.07) is 6.06. The van der Waals surface area contributed by atoms with Crippen molar-refractivity contribution in [3.8, 4) is 5.75 Å². The Labute approximate surface area is 112 Å². The molecule has 1 aromatic rings. The predicted molar refractivity (Wildman–Crippen MR) is 69.2 cm³/mol. The highest BCUT2D eigenvalue weighted by Crippen LogP contribution is 2.25. The first-order chi connectivity index (χ1) is 8.72. The molecule has 1 N–H and O–H groups in total. The smallest absolute Gasteiger partial charge is 0.406 e. The molecule has 0 aliphatic carbocycles. The van der Waals surface area contributed by atoms with E-state index in [1.54, 1.807) is 12.1 Å². The van der Waals surface area contributed by atoms with E-state index in [0.29, 0.717) is 0 Å². The molecule has 0 fully saturated rings. The second-order valence-corrected chi connectivity index (χ2v) is 5.31. The Morgan fingerprint density at radius 3 is 2.16 bits per heavy atom. The molecule has 0 bridgehead atoms. The van der Waals surface area contributed by atoms with Gasteiger partial charge in [-0.15, -0.1) is 13.2 Å². The zero-order chi connectivity index (χ0) is 14.5. The van der Waals surface area contributed by atoms with Crippen molar-refractivity contribution in [2.45, 2.75) is 33.6 Å². The summed E-state index contributed by atoms with van der Waals surface area (Å²) in [6.07, 6.45) is -3.84. The van der Waals surface area contributed by atoms with Crippen LogP contribution in [0, 0.1) is 5.41 Å². The number of ether oxygens (including phenoxy) is 1. The van der Waals surface area contributed by atoms with E-state index in [0.717, 1.165) is 25.1 Å². The van der Waals surface area contributed by atoms with Gasteiger partial charge >= 0.3 is 6.36 Å². The minimum atomic E-state index is -4.63. The summed E-state index contributed by atoms with van der Waals surface area (Å²) in [7, 11) is 0. The maximum Gasteiger partial charge on any atom is 0.573 e. The van der Waals surface area contributed by atoms with Crippen LogP contribution in [0.2, 0.25) is 0 Å². The molecule has 0 saturated heterocycles. The van der Waals surface area contributed by atoms with Crippen molar-refractivity contribution in [2.75, 3.05) is 13.1 Å². The van der Waals surface area contributed by atoms with Crippen LogP contribution in [-0.4, -0.2) is 19.5 Å². The van der Waals surface area contributed by atoms with Crippen LogP contribution in [0.4, 0.5) is 13.2 Å². The summed E-state index contributed by atoms with van der Waals surface area (Å²) in [5.74, 6) is -0.180. The molecule has 0 radical (unpaired) electrons. The number of nitrogens with one attached hydrogen (secondary N) is 1. The van der Waals surface area contributed by atoms with Crippen molar-refractivity contribution in [3.63, 3.8) is 0 Å². The van der Waals surface area contributed by atoms with Crippen LogP contribution < -0.4 is 10.1 Å². The number of alkyl halides is 3. The zero-order valence-electron chi connectivity index (χ0n) is 11.5. The standard InChI is InChI=1S/C14H20F3NO/c1-4-18-10-13(2,3)9-11-5-7-12(8-6-11)19-14(15,16)17/h5-8,18H,4,9-10H2,1-3H3. The minimum absolute atomic E-state index is 0.0579. The van der Waals surface area contributed by atoms with E-state index in [9.17, 15) is 13.2 Å². The summed E-state index contributed by atoms with van der Waals surface area (Å²) >= 11 is 0. The Balaban J connectivity index is 2.61. The highest BCUT2D eigenvalue weighted by Gasteiger charge is 2.31. The van der Waals surface area contributed by atoms with Crippen LogP contribution in [0.1, 0.15) is 26.3 Å². The summed E-state index contributed by atoms with van der Waals surface area (Å²) in [6.45, 7) is 8.05. The van der Waals surface area contributed by atoms with Crippen molar-refractivity contribution in [3.05, 3.63) is 29.8 Å². The molecule has 0 aliphatic rings. The highest BCUT2D eigenvalue weighted by atomic mass is 19.4. The molecule has 1 aromatic carbocycles. The molecule has 1 rings (SSSR count). The van der Waals surface area contributed by atoms with E-state index in [2.05, 4.69) is 23.9 Å². The van der Waals surface area contributed by atoms with Gasteiger partial charge in [0.1, 0.15) is 5.75 Å². The Bertz CT molecular complexity index is 385. The molecule has 2 nitrogen and oxygen atoms in total. The van der Waals surface area contributed by atoms with Gasteiger partial charge < -0.3 is 10.1 Å². The Morgan fingerprint density at radius 2 is 1.68 bits per heavy atom. The molecule has 0 aliphatic heterocycles. The molecular formula is C14H20F3NO. The molecule has 108 valence electrons. The maximum atomic E-state index is 12.0. The summed E-state index contributed by atoms with van der Waals surface area (Å²) in [4.78, 5) is 0. The molecule has 0 spiro atoms. The lowest BCUT2D eigenvalue weighted by Gasteiger charge is -2.25. The first-order valence-corrected chi connectivity index (χ1v) is 6.27. The van der Waals surface area contributed by atoms with E-state index in [1.165, 1.54) is 12.1 Å². The second kappa shape index (κ2) is 6.28. The van der Waals surface area contributed by atoms with E-state index >= 15 is 0 Å². The van der Waals surface area contributed by atoms with Crippen molar-refractivity contribution in [1.82, 2.24) is 5.32 Å². The average molecular weight is 275 g/mol. The van der Waals surface area contributed by atoms with E-state index in [4.69, 9.17) is 0 Å². The van der Waals surface area contributed by atoms with Gasteiger partial charge in [0.2, 0.25) is 0 Å². The van der Waals surface area contributed by atoms with Crippen molar-refractivity contribution >= 4 is 0 Å². The fraction of sp³-hybridized carbons (Fsp3) is 0.571. The normalized spacial score (nSPS) is 12.5. The molecule has 0 atom stereocenters. The van der Waals surface area contributed by atoms with Gasteiger partial charge in [-0.3, -0.25) is 0 Å². The third kappa shape index (κ3) is 6.47. The number of benzene rings is 1. The fourth-order valence-electron chi connectivity index (χ4n) is 1.89. The van der Waals surface area contributed by atoms with Crippen LogP contribution >= 0.6 is 0 Å². The largest absolute Gasteiger partial charge is 0.573 e. The third-order valence-corrected chi connectivity index (χ3v) is 2.69. The van der Waals surface area contributed by atoms with Gasteiger partial charge in [0.25, 0.3) is 0 Å². The number of hydrogen-bond acceptors (Lipinski definition) is 2. The minimum Gasteiger partial charge on any atom is -0.406 e. The van der Waals surface area contributed by atoms with Crippen LogP contribution in [0.15, 0.2) is 24.3 Å². The van der Waals surface area contributed by atoms with Crippen LogP contribution in [0.3, 0.4) is 0 Å². The van der Waals surface area contributed by atoms with Crippen LogP contribution in [0.5, 0.6) is 5.75 Å². The molecule has 0 unspecified atom stereocenters. The van der Waals surface area contributed by atoms with Crippen molar-refractivity contribution in [1.29, 1.82) is 0 Å². The quantitative estimate of drug-likeness (QED) is 0.853. The second-order valence-electron chi connectivity index (χ2n) is 5.31. The summed E-state index contributed by atoms with van der Waals surface area (Å²) in [5, 5.41) is 3.28. The Morgan fingerprint density at radius 1 is 1.11 bits per heavy atom. The average Bonchev–Trinajstić information content (AvgIpc) is 2.27. The van der Waals surface area contributed by atoms with E-state index < -0.39 is 6.36 Å².